The van der Waals surface area contributed by atoms with Gasteiger partial charge in [0.2, 0.25) is 0 Å². The second kappa shape index (κ2) is 3.71. The van der Waals surface area contributed by atoms with Gasteiger partial charge in [-0.25, -0.2) is 0 Å². The van der Waals surface area contributed by atoms with Gasteiger partial charge in [-0.05, 0) is 5.41 Å². The van der Waals surface area contributed by atoms with Crippen molar-refractivity contribution >= 4 is 40.1 Å². The number of thioether (sulfide) groups is 1. The van der Waals surface area contributed by atoms with Crippen molar-refractivity contribution in [2.24, 2.45) is 0 Å². The summed E-state index contributed by atoms with van der Waals surface area (Å²) in [5, 5.41) is 1.65. The average molecular weight is 136 g/mol. The Labute approximate surface area is 52.4 Å². The van der Waals surface area contributed by atoms with Crippen molar-refractivity contribution in [2.75, 3.05) is 0 Å². The number of rotatable bonds is 1. The van der Waals surface area contributed by atoms with Crippen LogP contribution in [0.5, 0.6) is 0 Å². The topological polar surface area (TPSA) is 0 Å². The van der Waals surface area contributed by atoms with Gasteiger partial charge in [0.15, 0.2) is 0 Å². The predicted octanol–water partition coefficient (Wildman–Crippen LogP) is 2.08. The highest BCUT2D eigenvalue weighted by Gasteiger charge is 1.76. The molecule has 0 aromatic rings. The molecule has 0 unspecified atom stereocenters. The van der Waals surface area contributed by atoms with Gasteiger partial charge in [-0.15, -0.1) is 12.6 Å². The fourth-order valence-corrected chi connectivity index (χ4v) is 0.642. The molecule has 0 rings (SSSR count). The lowest BCUT2D eigenvalue weighted by Crippen LogP contribution is -1.59. The Bertz CT molecular complexity index is 66.4. The molecule has 6 heavy (non-hydrogen) atoms. The Morgan fingerprint density at radius 3 is 2.50 bits per heavy atom. The van der Waals surface area contributed by atoms with Crippen molar-refractivity contribution in [3.05, 3.63) is 12.0 Å². The highest BCUT2D eigenvalue weighted by atomic mass is 32.2. The van der Waals surface area contributed by atoms with E-state index in [0.29, 0.717) is 3.53 Å². The molecular weight excluding hydrogens is 132 g/mol. The SMILES string of the molecule is C=CSC(=S)S. The largest absolute Gasteiger partial charge is 0.125 e. The Balaban J connectivity index is 3.05. The molecule has 0 nitrogen and oxygen atoms in total. The zero-order chi connectivity index (χ0) is 4.99. The molecule has 0 aliphatic rings. The molecule has 0 saturated carbocycles. The van der Waals surface area contributed by atoms with Gasteiger partial charge in [-0.2, -0.15) is 0 Å². The van der Waals surface area contributed by atoms with Crippen LogP contribution in [0.25, 0.3) is 0 Å². The summed E-state index contributed by atoms with van der Waals surface area (Å²) in [6, 6.07) is 0. The molecule has 3 heteroatoms. The lowest BCUT2D eigenvalue weighted by Gasteiger charge is -1.78. The van der Waals surface area contributed by atoms with Gasteiger partial charge in [0.1, 0.15) is 3.53 Å². The third-order valence-corrected chi connectivity index (χ3v) is 1.16. The van der Waals surface area contributed by atoms with E-state index in [1.165, 1.54) is 11.8 Å². The van der Waals surface area contributed by atoms with Gasteiger partial charge in [0, 0.05) is 0 Å². The molecule has 0 amide bonds. The maximum Gasteiger partial charge on any atom is 0.105 e. The molecule has 0 bridgehead atoms. The summed E-state index contributed by atoms with van der Waals surface area (Å²) in [6.07, 6.45) is 0. The van der Waals surface area contributed by atoms with Crippen LogP contribution in [-0.2, 0) is 0 Å². The van der Waals surface area contributed by atoms with Crippen LogP contribution in [0.2, 0.25) is 0 Å². The van der Waals surface area contributed by atoms with Gasteiger partial charge in [0.25, 0.3) is 0 Å². The molecule has 0 spiro atoms. The molecule has 0 aromatic carbocycles. The zero-order valence-corrected chi connectivity index (χ0v) is 5.58. The van der Waals surface area contributed by atoms with Crippen molar-refractivity contribution in [3.63, 3.8) is 0 Å². The molecule has 0 aliphatic heterocycles. The minimum atomic E-state index is 0.616. The van der Waals surface area contributed by atoms with Crippen molar-refractivity contribution in [1.82, 2.24) is 0 Å². The van der Waals surface area contributed by atoms with Crippen LogP contribution in [0.4, 0.5) is 0 Å². The molecule has 34 valence electrons. The number of hydrogen-bond acceptors (Lipinski definition) is 2. The lowest BCUT2D eigenvalue weighted by molar-refractivity contribution is 2.68. The summed E-state index contributed by atoms with van der Waals surface area (Å²) in [4.78, 5) is 0. The highest BCUT2D eigenvalue weighted by Crippen LogP contribution is 2.05. The van der Waals surface area contributed by atoms with Crippen LogP contribution in [0, 0.1) is 0 Å². The zero-order valence-electron chi connectivity index (χ0n) is 3.05. The van der Waals surface area contributed by atoms with Crippen molar-refractivity contribution < 1.29 is 0 Å². The van der Waals surface area contributed by atoms with E-state index in [1.807, 2.05) is 0 Å². The van der Waals surface area contributed by atoms with E-state index < -0.39 is 0 Å². The smallest absolute Gasteiger partial charge is 0.105 e. The number of thiocarbonyl (C=S) groups is 1. The van der Waals surface area contributed by atoms with E-state index in [2.05, 4.69) is 31.4 Å². The van der Waals surface area contributed by atoms with Crippen molar-refractivity contribution in [2.45, 2.75) is 0 Å². The minimum absolute atomic E-state index is 0.616. The molecule has 0 saturated heterocycles. The summed E-state index contributed by atoms with van der Waals surface area (Å²) >= 11 is 9.70. The van der Waals surface area contributed by atoms with E-state index in [9.17, 15) is 0 Å². The summed E-state index contributed by atoms with van der Waals surface area (Å²) in [6.45, 7) is 3.43. The van der Waals surface area contributed by atoms with Gasteiger partial charge in [-0.1, -0.05) is 30.6 Å². The van der Waals surface area contributed by atoms with Gasteiger partial charge in [-0.3, -0.25) is 0 Å². The molecule has 0 aromatic heterocycles. The Kier molecular flexibility index (Phi) is 4.04. The Morgan fingerprint density at radius 2 is 2.50 bits per heavy atom. The van der Waals surface area contributed by atoms with Crippen LogP contribution in [0.15, 0.2) is 12.0 Å². The van der Waals surface area contributed by atoms with E-state index in [4.69, 9.17) is 0 Å². The van der Waals surface area contributed by atoms with Crippen LogP contribution >= 0.6 is 36.6 Å². The van der Waals surface area contributed by atoms with Crippen LogP contribution < -0.4 is 0 Å². The summed E-state index contributed by atoms with van der Waals surface area (Å²) in [5.41, 5.74) is 0. The van der Waals surface area contributed by atoms with Gasteiger partial charge in [0.05, 0.1) is 0 Å². The van der Waals surface area contributed by atoms with Crippen LogP contribution in [0.3, 0.4) is 0 Å². The van der Waals surface area contributed by atoms with Crippen LogP contribution in [-0.4, -0.2) is 3.53 Å². The summed E-state index contributed by atoms with van der Waals surface area (Å²) < 4.78 is 0.616. The van der Waals surface area contributed by atoms with Crippen molar-refractivity contribution in [3.8, 4) is 0 Å². The molecule has 0 radical (unpaired) electrons. The lowest BCUT2D eigenvalue weighted by atomic mass is 11.3. The number of thiol groups is 1. The van der Waals surface area contributed by atoms with E-state index in [0.717, 1.165) is 0 Å². The van der Waals surface area contributed by atoms with E-state index in [-0.39, 0.29) is 0 Å². The quantitative estimate of drug-likeness (QED) is 0.433. The molecule has 0 aliphatic carbocycles. The third kappa shape index (κ3) is 4.53. The van der Waals surface area contributed by atoms with Gasteiger partial charge >= 0.3 is 0 Å². The first-order valence-electron chi connectivity index (χ1n) is 1.28. The Hall–Kier alpha value is 0.530. The van der Waals surface area contributed by atoms with Crippen molar-refractivity contribution in [1.29, 1.82) is 0 Å². The summed E-state index contributed by atoms with van der Waals surface area (Å²) in [7, 11) is 0. The molecule has 0 N–H and O–H groups in total. The average Bonchev–Trinajstić information content (AvgIpc) is 1.35. The molecule has 0 atom stereocenters. The number of hydrogen-bond donors (Lipinski definition) is 1. The van der Waals surface area contributed by atoms with E-state index in [1.54, 1.807) is 5.41 Å². The maximum atomic E-state index is 4.55. The fourth-order valence-electron chi connectivity index (χ4n) is 0.0713. The third-order valence-electron chi connectivity index (χ3n) is 0.184. The fraction of sp³-hybridized carbons (Fsp3) is 0. The van der Waals surface area contributed by atoms with Crippen LogP contribution in [0.1, 0.15) is 0 Å². The molecule has 0 fully saturated rings. The first-order valence-corrected chi connectivity index (χ1v) is 3.01. The van der Waals surface area contributed by atoms with Gasteiger partial charge < -0.3 is 0 Å². The molecular formula is C3H4S3. The first-order chi connectivity index (χ1) is 2.77. The first kappa shape index (κ1) is 6.53. The summed E-state index contributed by atoms with van der Waals surface area (Å²) in [5.74, 6) is 0. The monoisotopic (exact) mass is 136 g/mol. The molecule has 0 heterocycles. The second-order valence-corrected chi connectivity index (χ2v) is 3.25. The standard InChI is InChI=1S/C3H4S3/c1-2-6-3(4)5/h2H,1H2,(H,4,5). The predicted molar refractivity (Wildman–Crippen MR) is 39.4 cm³/mol. The minimum Gasteiger partial charge on any atom is -0.125 e. The normalized spacial score (nSPS) is 7.50. The Morgan fingerprint density at radius 1 is 2.00 bits per heavy atom. The second-order valence-electron chi connectivity index (χ2n) is 0.550. The maximum absolute atomic E-state index is 4.55. The van der Waals surface area contributed by atoms with E-state index >= 15 is 0 Å². The highest BCUT2D eigenvalue weighted by molar-refractivity contribution is 8.42.